The first-order valence-electron chi connectivity index (χ1n) is 6.53. The monoisotopic (exact) mass is 228 g/mol. The van der Waals surface area contributed by atoms with Gasteiger partial charge in [0.25, 0.3) is 0 Å². The molecule has 2 atom stereocenters. The van der Waals surface area contributed by atoms with Gasteiger partial charge in [0.15, 0.2) is 0 Å². The molecular weight excluding hydrogens is 204 g/mol. The fraction of sp³-hybridized carbons (Fsp3) is 0.923. The molecule has 0 aromatic carbocycles. The first kappa shape index (κ1) is 13.5. The van der Waals surface area contributed by atoms with Gasteiger partial charge in [-0.05, 0) is 18.8 Å². The van der Waals surface area contributed by atoms with E-state index in [2.05, 4.69) is 13.8 Å². The summed E-state index contributed by atoms with van der Waals surface area (Å²) in [6.45, 7) is 4.73. The average Bonchev–Trinajstić information content (AvgIpc) is 2.30. The number of hydrogen-bond donors (Lipinski definition) is 1. The van der Waals surface area contributed by atoms with Crippen molar-refractivity contribution in [2.45, 2.75) is 58.5 Å². The van der Waals surface area contributed by atoms with Gasteiger partial charge in [-0.25, -0.2) is 0 Å². The predicted molar refractivity (Wildman–Crippen MR) is 63.0 cm³/mol. The van der Waals surface area contributed by atoms with Crippen LogP contribution < -0.4 is 0 Å². The van der Waals surface area contributed by atoms with E-state index in [0.29, 0.717) is 12.5 Å². The number of rotatable bonds is 5. The molecule has 0 aromatic rings. The van der Waals surface area contributed by atoms with E-state index in [4.69, 9.17) is 4.74 Å². The topological polar surface area (TPSA) is 46.5 Å². The lowest BCUT2D eigenvalue weighted by molar-refractivity contribution is -0.155. The molecule has 1 saturated carbocycles. The van der Waals surface area contributed by atoms with Crippen LogP contribution in [0.1, 0.15) is 52.4 Å². The number of carbonyl (C=O) groups is 1. The zero-order valence-corrected chi connectivity index (χ0v) is 10.4. The molecule has 3 nitrogen and oxygen atoms in total. The van der Waals surface area contributed by atoms with Gasteiger partial charge < -0.3 is 9.84 Å². The molecule has 0 heterocycles. The van der Waals surface area contributed by atoms with Crippen LogP contribution in [0.4, 0.5) is 0 Å². The van der Waals surface area contributed by atoms with Crippen molar-refractivity contribution in [1.82, 2.24) is 0 Å². The van der Waals surface area contributed by atoms with Crippen molar-refractivity contribution in [3.05, 3.63) is 0 Å². The molecule has 0 amide bonds. The molecule has 3 heteroatoms. The van der Waals surface area contributed by atoms with Crippen molar-refractivity contribution < 1.29 is 14.6 Å². The summed E-state index contributed by atoms with van der Waals surface area (Å²) in [7, 11) is 0. The average molecular weight is 228 g/mol. The van der Waals surface area contributed by atoms with Crippen molar-refractivity contribution in [3.63, 3.8) is 0 Å². The first-order valence-corrected chi connectivity index (χ1v) is 6.53. The lowest BCUT2D eigenvalue weighted by atomic mass is 9.86. The quantitative estimate of drug-likeness (QED) is 0.735. The van der Waals surface area contributed by atoms with Crippen LogP contribution in [0.25, 0.3) is 0 Å². The molecule has 1 fully saturated rings. The molecule has 0 saturated heterocycles. The second-order valence-electron chi connectivity index (χ2n) is 4.77. The largest absolute Gasteiger partial charge is 0.465 e. The maximum atomic E-state index is 11.8. The highest BCUT2D eigenvalue weighted by atomic mass is 16.5. The third-order valence-corrected chi connectivity index (χ3v) is 3.65. The maximum absolute atomic E-state index is 11.8. The number of hydrogen-bond acceptors (Lipinski definition) is 3. The third kappa shape index (κ3) is 3.78. The molecule has 0 bridgehead atoms. The van der Waals surface area contributed by atoms with Gasteiger partial charge in [0.2, 0.25) is 0 Å². The van der Waals surface area contributed by atoms with Crippen LogP contribution in [0.15, 0.2) is 0 Å². The summed E-state index contributed by atoms with van der Waals surface area (Å²) < 4.78 is 5.30. The molecule has 0 unspecified atom stereocenters. The fourth-order valence-corrected chi connectivity index (χ4v) is 2.22. The molecule has 94 valence electrons. The maximum Gasteiger partial charge on any atom is 0.311 e. The Balaban J connectivity index is 2.33. The second kappa shape index (κ2) is 6.89. The van der Waals surface area contributed by atoms with Crippen LogP contribution in [0, 0.1) is 11.8 Å². The Morgan fingerprint density at radius 3 is 2.50 bits per heavy atom. The third-order valence-electron chi connectivity index (χ3n) is 3.65. The minimum atomic E-state index is -0.483. The van der Waals surface area contributed by atoms with Crippen LogP contribution in [-0.2, 0) is 9.53 Å². The lowest BCUT2D eigenvalue weighted by Crippen LogP contribution is -2.33. The molecule has 0 spiro atoms. The summed E-state index contributed by atoms with van der Waals surface area (Å²) in [6, 6.07) is 0. The van der Waals surface area contributed by atoms with Gasteiger partial charge in [0.05, 0.1) is 18.6 Å². The summed E-state index contributed by atoms with van der Waals surface area (Å²) in [4.78, 5) is 11.8. The minimum absolute atomic E-state index is 0.195. The van der Waals surface area contributed by atoms with Crippen LogP contribution >= 0.6 is 0 Å². The zero-order chi connectivity index (χ0) is 12.0. The molecule has 16 heavy (non-hydrogen) atoms. The lowest BCUT2D eigenvalue weighted by Gasteiger charge is -2.26. The van der Waals surface area contributed by atoms with Crippen LogP contribution in [-0.4, -0.2) is 23.8 Å². The van der Waals surface area contributed by atoms with Crippen molar-refractivity contribution in [2.75, 3.05) is 6.61 Å². The van der Waals surface area contributed by atoms with Gasteiger partial charge in [0.1, 0.15) is 0 Å². The highest BCUT2D eigenvalue weighted by Gasteiger charge is 2.30. The van der Waals surface area contributed by atoms with E-state index in [0.717, 1.165) is 38.5 Å². The Morgan fingerprint density at radius 1 is 1.31 bits per heavy atom. The van der Waals surface area contributed by atoms with Crippen molar-refractivity contribution in [3.8, 4) is 0 Å². The summed E-state index contributed by atoms with van der Waals surface area (Å²) in [5, 5.41) is 9.72. The van der Waals surface area contributed by atoms with Crippen molar-refractivity contribution in [1.29, 1.82) is 0 Å². The standard InChI is InChI=1S/C13H24O3/c1-3-10(4-2)9-16-13(15)11-7-5-6-8-12(11)14/h10-12,14H,3-9H2,1-2H3/t11-,12-/m1/s1. The van der Waals surface area contributed by atoms with E-state index in [9.17, 15) is 9.90 Å². The van der Waals surface area contributed by atoms with Crippen molar-refractivity contribution in [2.24, 2.45) is 11.8 Å². The van der Waals surface area contributed by atoms with E-state index in [1.54, 1.807) is 0 Å². The van der Waals surface area contributed by atoms with Gasteiger partial charge in [-0.3, -0.25) is 4.79 Å². The molecule has 1 aliphatic rings. The highest BCUT2D eigenvalue weighted by Crippen LogP contribution is 2.25. The summed E-state index contributed by atoms with van der Waals surface area (Å²) in [5.74, 6) is -0.00750. The van der Waals surface area contributed by atoms with E-state index in [1.165, 1.54) is 0 Å². The summed E-state index contributed by atoms with van der Waals surface area (Å²) >= 11 is 0. The Labute approximate surface area is 98.2 Å². The van der Waals surface area contributed by atoms with Crippen LogP contribution in [0.3, 0.4) is 0 Å². The number of aliphatic hydroxyl groups excluding tert-OH is 1. The van der Waals surface area contributed by atoms with E-state index >= 15 is 0 Å². The Morgan fingerprint density at radius 2 is 1.94 bits per heavy atom. The molecular formula is C13H24O3. The SMILES string of the molecule is CCC(CC)COC(=O)[C@@H]1CCCC[C@H]1O. The minimum Gasteiger partial charge on any atom is -0.465 e. The number of ether oxygens (including phenoxy) is 1. The van der Waals surface area contributed by atoms with Gasteiger partial charge in [-0.1, -0.05) is 39.5 Å². The fourth-order valence-electron chi connectivity index (χ4n) is 2.22. The predicted octanol–water partition coefficient (Wildman–Crippen LogP) is 2.52. The van der Waals surface area contributed by atoms with Gasteiger partial charge in [0, 0.05) is 0 Å². The molecule has 1 aliphatic carbocycles. The van der Waals surface area contributed by atoms with E-state index in [1.807, 2.05) is 0 Å². The zero-order valence-electron chi connectivity index (χ0n) is 10.4. The van der Waals surface area contributed by atoms with Gasteiger partial charge in [-0.2, -0.15) is 0 Å². The molecule has 1 rings (SSSR count). The molecule has 0 aromatic heterocycles. The molecule has 1 N–H and O–H groups in total. The Bertz CT molecular complexity index is 211. The molecule has 0 aliphatic heterocycles. The number of carbonyl (C=O) groups excluding carboxylic acids is 1. The Kier molecular flexibility index (Phi) is 5.81. The summed E-state index contributed by atoms with van der Waals surface area (Å²) in [6.07, 6.45) is 5.17. The van der Waals surface area contributed by atoms with Crippen LogP contribution in [0.5, 0.6) is 0 Å². The van der Waals surface area contributed by atoms with Gasteiger partial charge in [-0.15, -0.1) is 0 Å². The number of aliphatic hydroxyl groups is 1. The van der Waals surface area contributed by atoms with Crippen molar-refractivity contribution >= 4 is 5.97 Å². The first-order chi connectivity index (χ1) is 7.69. The van der Waals surface area contributed by atoms with E-state index in [-0.39, 0.29) is 11.9 Å². The van der Waals surface area contributed by atoms with Gasteiger partial charge >= 0.3 is 5.97 Å². The molecule has 0 radical (unpaired) electrons. The summed E-state index contributed by atoms with van der Waals surface area (Å²) in [5.41, 5.74) is 0. The number of esters is 1. The Hall–Kier alpha value is -0.570. The van der Waals surface area contributed by atoms with E-state index < -0.39 is 6.10 Å². The van der Waals surface area contributed by atoms with Crippen LogP contribution in [0.2, 0.25) is 0 Å². The smallest absolute Gasteiger partial charge is 0.311 e. The normalized spacial score (nSPS) is 25.8. The highest BCUT2D eigenvalue weighted by molar-refractivity contribution is 5.73. The second-order valence-corrected chi connectivity index (χ2v) is 4.77.